The molecule has 18 heavy (non-hydrogen) atoms. The Morgan fingerprint density at radius 2 is 1.72 bits per heavy atom. The highest BCUT2D eigenvalue weighted by Crippen LogP contribution is 2.33. The van der Waals surface area contributed by atoms with Crippen LogP contribution in [0.15, 0.2) is 12.7 Å². The van der Waals surface area contributed by atoms with Crippen LogP contribution in [0.4, 0.5) is 0 Å². The maximum absolute atomic E-state index is 12.3. The average Bonchev–Trinajstić information content (AvgIpc) is 2.88. The van der Waals surface area contributed by atoms with Crippen LogP contribution in [0.25, 0.3) is 0 Å². The molecule has 0 radical (unpaired) electrons. The van der Waals surface area contributed by atoms with Gasteiger partial charge in [-0.05, 0) is 38.0 Å². The van der Waals surface area contributed by atoms with Crippen LogP contribution in [-0.4, -0.2) is 35.0 Å². The van der Waals surface area contributed by atoms with Gasteiger partial charge in [-0.15, -0.1) is 6.58 Å². The summed E-state index contributed by atoms with van der Waals surface area (Å²) in [4.78, 5) is 25.1. The normalized spacial score (nSPS) is 29.2. The predicted molar refractivity (Wildman–Crippen MR) is 68.0 cm³/mol. The fourth-order valence-electron chi connectivity index (χ4n) is 3.04. The smallest absolute Gasteiger partial charge is 0.306 e. The topological polar surface area (TPSA) is 57.6 Å². The zero-order chi connectivity index (χ0) is 13.1. The molecule has 1 aliphatic carbocycles. The molecule has 2 rings (SSSR count). The second kappa shape index (κ2) is 5.55. The zero-order valence-corrected chi connectivity index (χ0v) is 10.7. The fourth-order valence-corrected chi connectivity index (χ4v) is 3.04. The number of carboxylic acid groups (broad SMARTS) is 1. The summed E-state index contributed by atoms with van der Waals surface area (Å²) >= 11 is 0. The Morgan fingerprint density at radius 3 is 2.22 bits per heavy atom. The Bertz CT molecular complexity index is 345. The summed E-state index contributed by atoms with van der Waals surface area (Å²) in [6, 6.07) is 0. The molecule has 2 fully saturated rings. The van der Waals surface area contributed by atoms with Crippen molar-refractivity contribution >= 4 is 11.9 Å². The molecule has 0 aromatic rings. The highest BCUT2D eigenvalue weighted by molar-refractivity contribution is 5.81. The monoisotopic (exact) mass is 251 g/mol. The number of rotatable bonds is 3. The number of hydrogen-bond acceptors (Lipinski definition) is 2. The van der Waals surface area contributed by atoms with Gasteiger partial charge in [0.1, 0.15) is 0 Å². The van der Waals surface area contributed by atoms with Crippen molar-refractivity contribution < 1.29 is 14.7 Å². The van der Waals surface area contributed by atoms with E-state index < -0.39 is 5.97 Å². The molecule has 1 amide bonds. The molecule has 0 bridgehead atoms. The lowest BCUT2D eigenvalue weighted by Gasteiger charge is -2.32. The van der Waals surface area contributed by atoms with E-state index in [1.807, 2.05) is 11.0 Å². The van der Waals surface area contributed by atoms with Crippen LogP contribution in [0, 0.1) is 17.8 Å². The zero-order valence-electron chi connectivity index (χ0n) is 10.7. The van der Waals surface area contributed by atoms with Crippen molar-refractivity contribution in [2.45, 2.75) is 32.1 Å². The minimum atomic E-state index is -0.754. The molecule has 1 saturated heterocycles. The van der Waals surface area contributed by atoms with Crippen molar-refractivity contribution in [3.63, 3.8) is 0 Å². The van der Waals surface area contributed by atoms with Gasteiger partial charge < -0.3 is 10.0 Å². The summed E-state index contributed by atoms with van der Waals surface area (Å²) in [5.74, 6) is -0.433. The molecule has 4 nitrogen and oxygen atoms in total. The van der Waals surface area contributed by atoms with Crippen molar-refractivity contribution in [3.8, 4) is 0 Å². The van der Waals surface area contributed by atoms with Gasteiger partial charge in [0.25, 0.3) is 0 Å². The Kier molecular flexibility index (Phi) is 4.04. The van der Waals surface area contributed by atoms with Gasteiger partial charge in [-0.2, -0.15) is 0 Å². The van der Waals surface area contributed by atoms with E-state index in [0.717, 1.165) is 32.4 Å². The Hall–Kier alpha value is -1.32. The fraction of sp³-hybridized carbons (Fsp3) is 0.714. The molecule has 1 heterocycles. The molecule has 1 N–H and O–H groups in total. The Balaban J connectivity index is 1.85. The lowest BCUT2D eigenvalue weighted by atomic mass is 9.95. The van der Waals surface area contributed by atoms with E-state index >= 15 is 0 Å². The SMILES string of the molecule is C=CC1CCN(C(=O)[C@H]2CC[C@@H](C(=O)O)C2)CC1. The summed E-state index contributed by atoms with van der Waals surface area (Å²) in [6.07, 6.45) is 5.86. The van der Waals surface area contributed by atoms with Crippen LogP contribution >= 0.6 is 0 Å². The van der Waals surface area contributed by atoms with Gasteiger partial charge in [0, 0.05) is 19.0 Å². The summed E-state index contributed by atoms with van der Waals surface area (Å²) < 4.78 is 0. The third-order valence-corrected chi connectivity index (χ3v) is 4.32. The van der Waals surface area contributed by atoms with Crippen molar-refractivity contribution in [2.24, 2.45) is 17.8 Å². The van der Waals surface area contributed by atoms with Gasteiger partial charge in [0.2, 0.25) is 5.91 Å². The van der Waals surface area contributed by atoms with E-state index in [9.17, 15) is 9.59 Å². The first-order valence-corrected chi connectivity index (χ1v) is 6.76. The predicted octanol–water partition coefficient (Wildman–Crippen LogP) is 1.91. The number of allylic oxidation sites excluding steroid dienone is 1. The van der Waals surface area contributed by atoms with Gasteiger partial charge in [0.15, 0.2) is 0 Å². The van der Waals surface area contributed by atoms with Gasteiger partial charge in [-0.1, -0.05) is 6.08 Å². The molecular formula is C14H21NO3. The molecule has 4 heteroatoms. The van der Waals surface area contributed by atoms with E-state index in [1.165, 1.54) is 0 Å². The van der Waals surface area contributed by atoms with Gasteiger partial charge in [-0.25, -0.2) is 0 Å². The molecule has 1 saturated carbocycles. The van der Waals surface area contributed by atoms with Gasteiger partial charge in [-0.3, -0.25) is 9.59 Å². The van der Waals surface area contributed by atoms with Crippen LogP contribution in [0.1, 0.15) is 32.1 Å². The molecule has 100 valence electrons. The number of amides is 1. The number of nitrogens with zero attached hydrogens (tertiary/aromatic N) is 1. The lowest BCUT2D eigenvalue weighted by molar-refractivity contribution is -0.141. The number of hydrogen-bond donors (Lipinski definition) is 1. The van der Waals surface area contributed by atoms with E-state index in [4.69, 9.17) is 5.11 Å². The van der Waals surface area contributed by atoms with Crippen molar-refractivity contribution in [2.75, 3.05) is 13.1 Å². The van der Waals surface area contributed by atoms with Crippen molar-refractivity contribution in [3.05, 3.63) is 12.7 Å². The largest absolute Gasteiger partial charge is 0.481 e. The average molecular weight is 251 g/mol. The molecule has 2 atom stereocenters. The van der Waals surface area contributed by atoms with Crippen LogP contribution in [-0.2, 0) is 9.59 Å². The summed E-state index contributed by atoms with van der Waals surface area (Å²) in [6.45, 7) is 5.38. The Labute approximate surface area is 108 Å². The lowest BCUT2D eigenvalue weighted by Crippen LogP contribution is -2.41. The number of carbonyl (C=O) groups excluding carboxylic acids is 1. The Morgan fingerprint density at radius 1 is 1.11 bits per heavy atom. The van der Waals surface area contributed by atoms with Crippen LogP contribution in [0.3, 0.4) is 0 Å². The van der Waals surface area contributed by atoms with Gasteiger partial charge in [0.05, 0.1) is 5.92 Å². The third kappa shape index (κ3) is 2.74. The van der Waals surface area contributed by atoms with E-state index in [0.29, 0.717) is 18.8 Å². The highest BCUT2D eigenvalue weighted by Gasteiger charge is 2.36. The van der Waals surface area contributed by atoms with Gasteiger partial charge >= 0.3 is 5.97 Å². The molecule has 0 aromatic carbocycles. The molecule has 0 aromatic heterocycles. The first-order chi connectivity index (χ1) is 8.61. The minimum absolute atomic E-state index is 0.0635. The van der Waals surface area contributed by atoms with E-state index in [1.54, 1.807) is 0 Å². The maximum Gasteiger partial charge on any atom is 0.306 e. The first-order valence-electron chi connectivity index (χ1n) is 6.76. The number of carboxylic acids is 1. The van der Waals surface area contributed by atoms with Crippen molar-refractivity contribution in [1.29, 1.82) is 0 Å². The van der Waals surface area contributed by atoms with Crippen LogP contribution in [0.2, 0.25) is 0 Å². The summed E-state index contributed by atoms with van der Waals surface area (Å²) in [7, 11) is 0. The highest BCUT2D eigenvalue weighted by atomic mass is 16.4. The van der Waals surface area contributed by atoms with E-state index in [-0.39, 0.29) is 17.7 Å². The molecule has 2 aliphatic rings. The van der Waals surface area contributed by atoms with Crippen molar-refractivity contribution in [1.82, 2.24) is 4.90 Å². The van der Waals surface area contributed by atoms with Crippen LogP contribution < -0.4 is 0 Å². The first kappa shape index (κ1) is 13.1. The number of piperidine rings is 1. The minimum Gasteiger partial charge on any atom is -0.481 e. The summed E-state index contributed by atoms with van der Waals surface area (Å²) in [5, 5.41) is 8.95. The molecule has 0 spiro atoms. The number of aliphatic carboxylic acids is 1. The maximum atomic E-state index is 12.3. The molecular weight excluding hydrogens is 230 g/mol. The second-order valence-corrected chi connectivity index (χ2v) is 5.44. The number of likely N-dealkylation sites (tertiary alicyclic amines) is 1. The standard InChI is InChI=1S/C14H21NO3/c1-2-10-5-7-15(8-6-10)13(16)11-3-4-12(9-11)14(17)18/h2,10-12H,1,3-9H2,(H,17,18)/t11-,12+/m0/s1. The summed E-state index contributed by atoms with van der Waals surface area (Å²) in [5.41, 5.74) is 0. The number of carbonyl (C=O) groups is 2. The van der Waals surface area contributed by atoms with E-state index in [2.05, 4.69) is 6.58 Å². The molecule has 1 aliphatic heterocycles. The quantitative estimate of drug-likeness (QED) is 0.779. The third-order valence-electron chi connectivity index (χ3n) is 4.32. The molecule has 0 unspecified atom stereocenters. The van der Waals surface area contributed by atoms with Crippen LogP contribution in [0.5, 0.6) is 0 Å². The second-order valence-electron chi connectivity index (χ2n) is 5.44.